The molecule has 1 fully saturated rings. The second-order valence-corrected chi connectivity index (χ2v) is 5.49. The average molecular weight is 259 g/mol. The number of nitrogens with zero attached hydrogens (tertiary/aromatic N) is 1. The monoisotopic (exact) mass is 259 g/mol. The molecular weight excluding hydrogens is 238 g/mol. The summed E-state index contributed by atoms with van der Waals surface area (Å²) < 4.78 is 9.66. The van der Waals surface area contributed by atoms with E-state index in [9.17, 15) is 14.7 Å². The highest BCUT2D eigenvalue weighted by atomic mass is 16.6. The van der Waals surface area contributed by atoms with Crippen LogP contribution in [0.2, 0.25) is 0 Å². The Balaban J connectivity index is 2.31. The number of carbonyl (C=O) groups excluding carboxylic acids is 2. The van der Waals surface area contributed by atoms with E-state index in [4.69, 9.17) is 4.74 Å². The number of esters is 1. The first-order valence-corrected chi connectivity index (χ1v) is 5.95. The van der Waals surface area contributed by atoms with Crippen molar-refractivity contribution in [1.82, 2.24) is 4.90 Å². The highest BCUT2D eigenvalue weighted by Gasteiger charge is 2.38. The summed E-state index contributed by atoms with van der Waals surface area (Å²) >= 11 is 0. The van der Waals surface area contributed by atoms with Crippen LogP contribution >= 0.6 is 0 Å². The third kappa shape index (κ3) is 4.18. The molecule has 1 aliphatic rings. The molecule has 0 aromatic rings. The molecule has 1 atom stereocenters. The molecule has 0 aromatic heterocycles. The Labute approximate surface area is 107 Å². The first kappa shape index (κ1) is 14.8. The maximum Gasteiger partial charge on any atom is 0.410 e. The Morgan fingerprint density at radius 2 is 1.94 bits per heavy atom. The van der Waals surface area contributed by atoms with Crippen LogP contribution < -0.4 is 0 Å². The Hall–Kier alpha value is -1.30. The van der Waals surface area contributed by atoms with Crippen LogP contribution in [0.5, 0.6) is 0 Å². The molecule has 0 unspecified atom stereocenters. The molecule has 0 bridgehead atoms. The Morgan fingerprint density at radius 3 is 2.39 bits per heavy atom. The summed E-state index contributed by atoms with van der Waals surface area (Å²) in [5.41, 5.74) is -0.521. The first-order valence-electron chi connectivity index (χ1n) is 5.95. The molecule has 1 N–H and O–H groups in total. The third-order valence-corrected chi connectivity index (χ3v) is 2.71. The van der Waals surface area contributed by atoms with Gasteiger partial charge in [-0.15, -0.1) is 0 Å². The van der Waals surface area contributed by atoms with E-state index in [1.54, 1.807) is 20.8 Å². The Kier molecular flexibility index (Phi) is 4.56. The summed E-state index contributed by atoms with van der Waals surface area (Å²) in [6.45, 7) is 6.22. The molecule has 1 rings (SSSR count). The maximum absolute atomic E-state index is 11.6. The highest BCUT2D eigenvalue weighted by Crippen LogP contribution is 2.23. The minimum Gasteiger partial charge on any atom is -0.469 e. The van der Waals surface area contributed by atoms with Crippen LogP contribution in [-0.2, 0) is 14.3 Å². The molecule has 1 aliphatic heterocycles. The van der Waals surface area contributed by atoms with Crippen LogP contribution in [0.4, 0.5) is 4.79 Å². The normalized spacial score (nSPS) is 17.9. The molecule has 1 amide bonds. The Morgan fingerprint density at radius 1 is 1.39 bits per heavy atom. The van der Waals surface area contributed by atoms with Crippen molar-refractivity contribution in [3.8, 4) is 0 Å². The van der Waals surface area contributed by atoms with E-state index >= 15 is 0 Å². The van der Waals surface area contributed by atoms with Gasteiger partial charge < -0.3 is 19.5 Å². The number of methoxy groups -OCH3 is 1. The highest BCUT2D eigenvalue weighted by molar-refractivity contribution is 5.70. The largest absolute Gasteiger partial charge is 0.469 e. The van der Waals surface area contributed by atoms with Crippen molar-refractivity contribution in [2.75, 3.05) is 20.2 Å². The number of rotatable bonds is 3. The van der Waals surface area contributed by atoms with E-state index in [1.807, 2.05) is 0 Å². The smallest absolute Gasteiger partial charge is 0.410 e. The zero-order valence-electron chi connectivity index (χ0n) is 11.3. The van der Waals surface area contributed by atoms with Crippen molar-refractivity contribution in [2.24, 2.45) is 5.92 Å². The second-order valence-electron chi connectivity index (χ2n) is 5.49. The minimum absolute atomic E-state index is 0.0384. The van der Waals surface area contributed by atoms with Crippen molar-refractivity contribution in [3.63, 3.8) is 0 Å². The number of ether oxygens (including phenoxy) is 2. The zero-order chi connectivity index (χ0) is 13.9. The zero-order valence-corrected chi connectivity index (χ0v) is 11.3. The van der Waals surface area contributed by atoms with Crippen LogP contribution in [0, 0.1) is 5.92 Å². The van der Waals surface area contributed by atoms with Gasteiger partial charge in [-0.1, -0.05) is 0 Å². The Bertz CT molecular complexity index is 317. The topological polar surface area (TPSA) is 76.1 Å². The van der Waals surface area contributed by atoms with Gasteiger partial charge in [-0.25, -0.2) is 4.79 Å². The standard InChI is InChI=1S/C12H21NO5/c1-12(2,3)18-11(16)13-6-8(7-13)9(14)5-10(15)17-4/h8-9,14H,5-7H2,1-4H3/t9-/m1/s1. The van der Waals surface area contributed by atoms with Gasteiger partial charge in [0.15, 0.2) is 0 Å². The van der Waals surface area contributed by atoms with E-state index in [2.05, 4.69) is 4.74 Å². The van der Waals surface area contributed by atoms with E-state index in [0.717, 1.165) is 0 Å². The van der Waals surface area contributed by atoms with Crippen molar-refractivity contribution in [1.29, 1.82) is 0 Å². The summed E-state index contributed by atoms with van der Waals surface area (Å²) in [4.78, 5) is 24.1. The SMILES string of the molecule is COC(=O)C[C@@H](O)C1CN(C(=O)OC(C)(C)C)C1. The van der Waals surface area contributed by atoms with Gasteiger partial charge in [0, 0.05) is 19.0 Å². The van der Waals surface area contributed by atoms with E-state index in [1.165, 1.54) is 12.0 Å². The van der Waals surface area contributed by atoms with Crippen molar-refractivity contribution in [3.05, 3.63) is 0 Å². The predicted octanol–water partition coefficient (Wildman–Crippen LogP) is 0.777. The maximum atomic E-state index is 11.6. The van der Waals surface area contributed by atoms with Gasteiger partial charge in [0.2, 0.25) is 0 Å². The van der Waals surface area contributed by atoms with Crippen molar-refractivity contribution in [2.45, 2.75) is 38.9 Å². The summed E-state index contributed by atoms with van der Waals surface area (Å²) in [6.07, 6.45) is -1.19. The molecule has 0 aromatic carbocycles. The van der Waals surface area contributed by atoms with Gasteiger partial charge in [-0.2, -0.15) is 0 Å². The minimum atomic E-state index is -0.767. The molecule has 0 aliphatic carbocycles. The number of aliphatic hydroxyl groups excluding tert-OH is 1. The number of hydrogen-bond donors (Lipinski definition) is 1. The summed E-state index contributed by atoms with van der Waals surface area (Å²) in [7, 11) is 1.28. The van der Waals surface area contributed by atoms with Gasteiger partial charge in [0.1, 0.15) is 5.60 Å². The van der Waals surface area contributed by atoms with Gasteiger partial charge >= 0.3 is 12.1 Å². The summed E-state index contributed by atoms with van der Waals surface area (Å²) in [6, 6.07) is 0. The van der Waals surface area contributed by atoms with E-state index in [-0.39, 0.29) is 18.4 Å². The molecule has 6 nitrogen and oxygen atoms in total. The fourth-order valence-corrected chi connectivity index (χ4v) is 1.65. The molecule has 6 heteroatoms. The van der Waals surface area contributed by atoms with Crippen LogP contribution in [0.25, 0.3) is 0 Å². The number of aliphatic hydroxyl groups is 1. The predicted molar refractivity (Wildman–Crippen MR) is 63.9 cm³/mol. The van der Waals surface area contributed by atoms with Gasteiger partial charge in [-0.05, 0) is 20.8 Å². The lowest BCUT2D eigenvalue weighted by Gasteiger charge is -2.41. The molecule has 0 radical (unpaired) electrons. The first-order chi connectivity index (χ1) is 8.23. The van der Waals surface area contributed by atoms with E-state index < -0.39 is 17.7 Å². The van der Waals surface area contributed by atoms with E-state index in [0.29, 0.717) is 13.1 Å². The number of hydrogen-bond acceptors (Lipinski definition) is 5. The average Bonchev–Trinajstić information content (AvgIpc) is 2.11. The molecule has 104 valence electrons. The van der Waals surface area contributed by atoms with Crippen molar-refractivity contribution < 1.29 is 24.2 Å². The third-order valence-electron chi connectivity index (χ3n) is 2.71. The molecule has 1 saturated heterocycles. The van der Waals surface area contributed by atoms with Gasteiger partial charge in [-0.3, -0.25) is 4.79 Å². The van der Waals surface area contributed by atoms with Gasteiger partial charge in [0.05, 0.1) is 19.6 Å². The second kappa shape index (κ2) is 5.56. The van der Waals surface area contributed by atoms with Gasteiger partial charge in [0.25, 0.3) is 0 Å². The molecule has 0 spiro atoms. The van der Waals surface area contributed by atoms with Crippen molar-refractivity contribution >= 4 is 12.1 Å². The lowest BCUT2D eigenvalue weighted by molar-refractivity contribution is -0.144. The number of likely N-dealkylation sites (tertiary alicyclic amines) is 1. The van der Waals surface area contributed by atoms with Crippen LogP contribution in [-0.4, -0.2) is 54.0 Å². The molecular formula is C12H21NO5. The quantitative estimate of drug-likeness (QED) is 0.758. The number of amides is 1. The lowest BCUT2D eigenvalue weighted by Crippen LogP contribution is -2.55. The number of carbonyl (C=O) groups is 2. The van der Waals surface area contributed by atoms with Crippen LogP contribution in [0.15, 0.2) is 0 Å². The summed E-state index contributed by atoms with van der Waals surface area (Å²) in [5, 5.41) is 9.72. The lowest BCUT2D eigenvalue weighted by atomic mass is 9.92. The molecule has 1 heterocycles. The fourth-order valence-electron chi connectivity index (χ4n) is 1.65. The summed E-state index contributed by atoms with van der Waals surface area (Å²) in [5.74, 6) is -0.533. The molecule has 18 heavy (non-hydrogen) atoms. The van der Waals surface area contributed by atoms with Crippen LogP contribution in [0.1, 0.15) is 27.2 Å². The molecule has 0 saturated carbocycles. The van der Waals surface area contributed by atoms with Crippen LogP contribution in [0.3, 0.4) is 0 Å². The fraction of sp³-hybridized carbons (Fsp3) is 0.833.